The zero-order valence-corrected chi connectivity index (χ0v) is 18.1. The number of carbonyl (C=O) groups is 3. The highest BCUT2D eigenvalue weighted by molar-refractivity contribution is 9.10. The highest BCUT2D eigenvalue weighted by atomic mass is 79.9. The van der Waals surface area contributed by atoms with Crippen molar-refractivity contribution in [3.63, 3.8) is 0 Å². The third-order valence-electron chi connectivity index (χ3n) is 5.17. The summed E-state index contributed by atoms with van der Waals surface area (Å²) in [5, 5.41) is 11.6. The number of hydrogen-bond donors (Lipinski definition) is 0. The molecule has 154 valence electrons. The molecule has 0 bridgehead atoms. The Bertz CT molecular complexity index is 1320. The fourth-order valence-electron chi connectivity index (χ4n) is 3.90. The van der Waals surface area contributed by atoms with E-state index >= 15 is 0 Å². The van der Waals surface area contributed by atoms with Crippen LogP contribution in [-0.2, 0) is 4.79 Å². The Morgan fingerprint density at radius 1 is 0.968 bits per heavy atom. The Kier molecular flexibility index (Phi) is 5.02. The third-order valence-corrected chi connectivity index (χ3v) is 5.80. The molecule has 0 saturated carbocycles. The van der Waals surface area contributed by atoms with Crippen LogP contribution in [0.2, 0.25) is 0 Å². The molecule has 1 aliphatic carbocycles. The molecule has 0 saturated heterocycles. The Hall–Kier alpha value is -3.65. The highest BCUT2D eigenvalue weighted by Gasteiger charge is 2.37. The first-order valence-electron chi connectivity index (χ1n) is 9.29. The van der Waals surface area contributed by atoms with E-state index in [1.165, 1.54) is 25.1 Å². The Morgan fingerprint density at radius 3 is 2.10 bits per heavy atom. The fourth-order valence-corrected chi connectivity index (χ4v) is 4.62. The number of nitrogens with zero attached hydrogens (tertiary/aromatic N) is 2. The van der Waals surface area contributed by atoms with Crippen molar-refractivity contribution in [1.82, 2.24) is 0 Å². The lowest BCUT2D eigenvalue weighted by molar-refractivity contribution is -0.384. The molecule has 3 aromatic rings. The van der Waals surface area contributed by atoms with Gasteiger partial charge in [0.1, 0.15) is 5.69 Å². The molecule has 0 atom stereocenters. The maximum Gasteiger partial charge on any atom is 0.293 e. The van der Waals surface area contributed by atoms with E-state index in [2.05, 4.69) is 15.9 Å². The summed E-state index contributed by atoms with van der Waals surface area (Å²) in [6.07, 6.45) is 0. The van der Waals surface area contributed by atoms with Crippen molar-refractivity contribution in [3.8, 4) is 0 Å². The first kappa shape index (κ1) is 20.6. The molecule has 0 N–H and O–H groups in total. The molecule has 3 aromatic carbocycles. The molecule has 0 aromatic heterocycles. The van der Waals surface area contributed by atoms with Gasteiger partial charge in [-0.1, -0.05) is 36.4 Å². The zero-order chi connectivity index (χ0) is 22.4. The van der Waals surface area contributed by atoms with Crippen molar-refractivity contribution in [2.45, 2.75) is 13.8 Å². The Labute approximate surface area is 185 Å². The van der Waals surface area contributed by atoms with Crippen molar-refractivity contribution < 1.29 is 19.3 Å². The zero-order valence-electron chi connectivity index (χ0n) is 16.5. The molecule has 0 radical (unpaired) electrons. The summed E-state index contributed by atoms with van der Waals surface area (Å²) in [6.45, 7) is 2.94. The van der Waals surface area contributed by atoms with Gasteiger partial charge in [-0.3, -0.25) is 29.4 Å². The third kappa shape index (κ3) is 3.16. The van der Waals surface area contributed by atoms with Crippen molar-refractivity contribution in [2.24, 2.45) is 0 Å². The molecule has 31 heavy (non-hydrogen) atoms. The van der Waals surface area contributed by atoms with E-state index in [4.69, 9.17) is 0 Å². The van der Waals surface area contributed by atoms with Gasteiger partial charge in [-0.2, -0.15) is 0 Å². The van der Waals surface area contributed by atoms with Crippen molar-refractivity contribution in [1.29, 1.82) is 0 Å². The number of para-hydroxylation sites is 2. The number of ketones is 2. The van der Waals surface area contributed by atoms with Crippen LogP contribution in [0.5, 0.6) is 0 Å². The van der Waals surface area contributed by atoms with Crippen LogP contribution in [0.1, 0.15) is 44.3 Å². The molecule has 0 fully saturated rings. The number of amides is 1. The van der Waals surface area contributed by atoms with Gasteiger partial charge in [0, 0.05) is 28.6 Å². The van der Waals surface area contributed by atoms with E-state index in [0.29, 0.717) is 10.0 Å². The lowest BCUT2D eigenvalue weighted by atomic mass is 9.82. The molecule has 1 aliphatic rings. The monoisotopic (exact) mass is 478 g/mol. The summed E-state index contributed by atoms with van der Waals surface area (Å²) < 4.78 is 0.419. The maximum absolute atomic E-state index is 13.5. The number of fused-ring (bicyclic) bond motifs is 2. The number of nitro benzene ring substituents is 1. The van der Waals surface area contributed by atoms with Gasteiger partial charge < -0.3 is 0 Å². The van der Waals surface area contributed by atoms with Gasteiger partial charge in [0.15, 0.2) is 11.6 Å². The quantitative estimate of drug-likeness (QED) is 0.300. The molecule has 0 spiro atoms. The number of anilines is 2. The summed E-state index contributed by atoms with van der Waals surface area (Å²) >= 11 is 3.38. The summed E-state index contributed by atoms with van der Waals surface area (Å²) in [7, 11) is 0. The van der Waals surface area contributed by atoms with Crippen molar-refractivity contribution in [2.75, 3.05) is 4.90 Å². The SMILES string of the molecule is CC(=O)N(c1ccccc1[N+](=O)[O-])c1c(C)cc(Br)c2c1C(=O)c1ccccc1C2=O. The van der Waals surface area contributed by atoms with E-state index in [1.54, 1.807) is 43.3 Å². The number of hydrogen-bond acceptors (Lipinski definition) is 5. The number of carbonyl (C=O) groups excluding carboxylic acids is 3. The van der Waals surface area contributed by atoms with Gasteiger partial charge in [-0.05, 0) is 40.5 Å². The molecule has 0 unspecified atom stereocenters. The number of aryl methyl sites for hydroxylation is 1. The second kappa shape index (κ2) is 7.55. The van der Waals surface area contributed by atoms with Crippen LogP contribution in [0, 0.1) is 17.0 Å². The van der Waals surface area contributed by atoms with E-state index in [9.17, 15) is 24.5 Å². The van der Waals surface area contributed by atoms with E-state index < -0.39 is 16.6 Å². The lowest BCUT2D eigenvalue weighted by Gasteiger charge is -2.29. The Balaban J connectivity index is 2.09. The minimum absolute atomic E-state index is 0.0201. The van der Waals surface area contributed by atoms with Crippen LogP contribution in [0.25, 0.3) is 0 Å². The van der Waals surface area contributed by atoms with Crippen LogP contribution >= 0.6 is 15.9 Å². The number of rotatable bonds is 3. The molecular weight excluding hydrogens is 464 g/mol. The number of halogens is 1. The molecule has 0 aliphatic heterocycles. The first-order chi connectivity index (χ1) is 14.7. The molecule has 0 heterocycles. The van der Waals surface area contributed by atoms with Gasteiger partial charge in [-0.25, -0.2) is 0 Å². The van der Waals surface area contributed by atoms with Crippen LogP contribution in [0.4, 0.5) is 17.1 Å². The smallest absolute Gasteiger partial charge is 0.289 e. The van der Waals surface area contributed by atoms with Crippen LogP contribution < -0.4 is 4.90 Å². The van der Waals surface area contributed by atoms with E-state index in [-0.39, 0.29) is 45.1 Å². The molecule has 8 heteroatoms. The van der Waals surface area contributed by atoms with Gasteiger partial charge in [0.05, 0.1) is 21.7 Å². The van der Waals surface area contributed by atoms with Gasteiger partial charge >= 0.3 is 0 Å². The average Bonchev–Trinajstić information content (AvgIpc) is 2.73. The second-order valence-corrected chi connectivity index (χ2v) is 7.93. The van der Waals surface area contributed by atoms with Crippen LogP contribution in [-0.4, -0.2) is 22.4 Å². The molecule has 1 amide bonds. The minimum Gasteiger partial charge on any atom is -0.289 e. The predicted molar refractivity (Wildman–Crippen MR) is 118 cm³/mol. The summed E-state index contributed by atoms with van der Waals surface area (Å²) in [6, 6.07) is 13.9. The Morgan fingerprint density at radius 2 is 1.52 bits per heavy atom. The minimum atomic E-state index is -0.589. The summed E-state index contributed by atoms with van der Waals surface area (Å²) in [5.74, 6) is -1.31. The maximum atomic E-state index is 13.5. The lowest BCUT2D eigenvalue weighted by Crippen LogP contribution is -2.30. The van der Waals surface area contributed by atoms with Gasteiger partial charge in [0.2, 0.25) is 5.91 Å². The molecular formula is C23H15BrN2O5. The number of nitro groups is 1. The second-order valence-electron chi connectivity index (χ2n) is 7.08. The summed E-state index contributed by atoms with van der Waals surface area (Å²) in [5.41, 5.74) is 1.08. The standard InChI is InChI=1S/C23H15BrN2O5/c1-12-11-16(24)19-20(23(29)15-8-4-3-7-14(15)22(19)28)21(12)25(13(2)27)17-9-5-6-10-18(17)26(30)31/h3-11H,1-2H3. The van der Waals surface area contributed by atoms with Crippen LogP contribution in [0.15, 0.2) is 59.1 Å². The van der Waals surface area contributed by atoms with Crippen molar-refractivity contribution >= 4 is 50.5 Å². The van der Waals surface area contributed by atoms with Crippen molar-refractivity contribution in [3.05, 3.63) is 97.0 Å². The average molecular weight is 479 g/mol. The van der Waals surface area contributed by atoms with E-state index in [0.717, 1.165) is 4.90 Å². The number of benzene rings is 3. The van der Waals surface area contributed by atoms with Crippen LogP contribution in [0.3, 0.4) is 0 Å². The molecule has 4 rings (SSSR count). The first-order valence-corrected chi connectivity index (χ1v) is 10.1. The molecule has 7 nitrogen and oxygen atoms in total. The van der Waals surface area contributed by atoms with E-state index in [1.807, 2.05) is 0 Å². The van der Waals surface area contributed by atoms with Gasteiger partial charge in [0.25, 0.3) is 5.69 Å². The largest absolute Gasteiger partial charge is 0.293 e. The fraction of sp³-hybridized carbons (Fsp3) is 0.0870. The normalized spacial score (nSPS) is 12.2. The summed E-state index contributed by atoms with van der Waals surface area (Å²) in [4.78, 5) is 51.7. The predicted octanol–water partition coefficient (Wildman–Crippen LogP) is 5.13. The highest BCUT2D eigenvalue weighted by Crippen LogP contribution is 2.44. The topological polar surface area (TPSA) is 97.6 Å². The van der Waals surface area contributed by atoms with Gasteiger partial charge in [-0.15, -0.1) is 0 Å².